The number of nitrogens with one attached hydrogen (secondary N) is 2. The van der Waals surface area contributed by atoms with E-state index in [1.54, 1.807) is 4.72 Å². The third-order valence-electron chi connectivity index (χ3n) is 3.26. The molecule has 0 fully saturated rings. The van der Waals surface area contributed by atoms with Crippen LogP contribution in [0, 0.1) is 10.1 Å². The fourth-order valence-corrected chi connectivity index (χ4v) is 3.20. The predicted molar refractivity (Wildman–Crippen MR) is 94.5 cm³/mol. The van der Waals surface area contributed by atoms with Gasteiger partial charge in [-0.2, -0.15) is 9.97 Å². The van der Waals surface area contributed by atoms with Gasteiger partial charge in [0.25, 0.3) is 10.0 Å². The van der Waals surface area contributed by atoms with Gasteiger partial charge in [0, 0.05) is 0 Å². The van der Waals surface area contributed by atoms with Crippen LogP contribution in [0.2, 0.25) is 0 Å². The number of hydrogen-bond donors (Lipinski definition) is 3. The number of carbonyl (C=O) groups excluding carboxylic acids is 1. The maximum atomic E-state index is 12.4. The average molecular weight is 427 g/mol. The zero-order valence-corrected chi connectivity index (χ0v) is 15.6. The second-order valence-electron chi connectivity index (χ2n) is 5.03. The van der Waals surface area contributed by atoms with Crippen LogP contribution >= 0.6 is 0 Å². The van der Waals surface area contributed by atoms with Crippen LogP contribution in [0.25, 0.3) is 0 Å². The van der Waals surface area contributed by atoms with Crippen LogP contribution in [0.1, 0.15) is 10.4 Å². The summed E-state index contributed by atoms with van der Waals surface area (Å²) in [6, 6.07) is 2.70. The molecule has 154 valence electrons. The summed E-state index contributed by atoms with van der Waals surface area (Å²) in [5.74, 6) is -2.79. The van der Waals surface area contributed by atoms with Crippen molar-refractivity contribution in [1.82, 2.24) is 14.7 Å². The van der Waals surface area contributed by atoms with E-state index in [0.717, 1.165) is 26.4 Å². The van der Waals surface area contributed by atoms with E-state index in [1.165, 1.54) is 12.1 Å². The highest BCUT2D eigenvalue weighted by Gasteiger charge is 2.30. The molecule has 3 N–H and O–H groups in total. The maximum absolute atomic E-state index is 12.4. The average Bonchev–Trinajstić information content (AvgIpc) is 2.66. The second-order valence-corrected chi connectivity index (χ2v) is 6.69. The summed E-state index contributed by atoms with van der Waals surface area (Å²) in [5, 5.41) is 22.2. The first kappa shape index (κ1) is 21.3. The lowest BCUT2D eigenvalue weighted by Crippen LogP contribution is -2.35. The van der Waals surface area contributed by atoms with E-state index in [9.17, 15) is 28.1 Å². The number of carboxylic acid groups (broad SMARTS) is 1. The number of rotatable bonds is 7. The van der Waals surface area contributed by atoms with Gasteiger partial charge in [-0.25, -0.2) is 22.7 Å². The summed E-state index contributed by atoms with van der Waals surface area (Å²) >= 11 is 0. The molecule has 1 aromatic heterocycles. The number of aromatic carboxylic acids is 1. The number of benzene rings is 1. The topological polar surface area (TPSA) is 200 Å². The van der Waals surface area contributed by atoms with Gasteiger partial charge < -0.3 is 14.6 Å². The van der Waals surface area contributed by atoms with Crippen LogP contribution < -0.4 is 19.5 Å². The molecule has 0 atom stereocenters. The Morgan fingerprint density at radius 2 is 1.83 bits per heavy atom. The van der Waals surface area contributed by atoms with Gasteiger partial charge >= 0.3 is 29.6 Å². The standard InChI is InChI=1S/C14H13N5O9S/c1-27-11-9(19(23)24)10(16-14(17-11)28-2)15-13(22)18-29(25,26)8-6-4-3-5-7(8)12(20)21/h3-6H,1-2H3,(H,20,21)(H2,15,16,17,18,22). The fourth-order valence-electron chi connectivity index (χ4n) is 2.09. The largest absolute Gasteiger partial charge is 0.478 e. The minimum atomic E-state index is -4.64. The summed E-state index contributed by atoms with van der Waals surface area (Å²) in [7, 11) is -2.41. The molecule has 0 unspecified atom stereocenters. The zero-order valence-electron chi connectivity index (χ0n) is 14.8. The van der Waals surface area contributed by atoms with Gasteiger partial charge in [-0.1, -0.05) is 12.1 Å². The molecule has 0 aliphatic carbocycles. The van der Waals surface area contributed by atoms with E-state index in [0.29, 0.717) is 0 Å². The molecule has 0 saturated heterocycles. The highest BCUT2D eigenvalue weighted by atomic mass is 32.2. The molecule has 2 amide bonds. The minimum absolute atomic E-state index is 0.401. The molecule has 14 nitrogen and oxygen atoms in total. The normalized spacial score (nSPS) is 10.7. The molecule has 0 radical (unpaired) electrons. The van der Waals surface area contributed by atoms with Crippen molar-refractivity contribution in [2.24, 2.45) is 0 Å². The SMILES string of the molecule is COc1nc(NC(=O)NS(=O)(=O)c2ccccc2C(=O)O)c([N+](=O)[O-])c(OC)n1. The van der Waals surface area contributed by atoms with Crippen LogP contribution in [0.4, 0.5) is 16.3 Å². The number of hydrogen-bond acceptors (Lipinski definition) is 10. The summed E-state index contributed by atoms with van der Waals surface area (Å²) < 4.78 is 35.8. The number of nitro groups is 1. The fraction of sp³-hybridized carbons (Fsp3) is 0.143. The number of amides is 2. The molecule has 29 heavy (non-hydrogen) atoms. The lowest BCUT2D eigenvalue weighted by Gasteiger charge is -2.11. The van der Waals surface area contributed by atoms with Gasteiger partial charge in [0.05, 0.1) is 24.7 Å². The van der Waals surface area contributed by atoms with Crippen molar-refractivity contribution >= 4 is 33.5 Å². The Balaban J connectivity index is 2.39. The van der Waals surface area contributed by atoms with Crippen LogP contribution in [0.5, 0.6) is 11.9 Å². The smallest absolute Gasteiger partial charge is 0.373 e. The first-order chi connectivity index (χ1) is 13.6. The van der Waals surface area contributed by atoms with E-state index >= 15 is 0 Å². The van der Waals surface area contributed by atoms with E-state index in [1.807, 2.05) is 5.32 Å². The van der Waals surface area contributed by atoms with Crippen LogP contribution in [-0.4, -0.2) is 54.6 Å². The zero-order chi connectivity index (χ0) is 21.8. The number of aromatic nitrogens is 2. The number of sulfonamides is 1. The monoisotopic (exact) mass is 427 g/mol. The van der Waals surface area contributed by atoms with E-state index in [4.69, 9.17) is 14.6 Å². The number of urea groups is 1. The molecule has 15 heteroatoms. The molecule has 2 rings (SSSR count). The van der Waals surface area contributed by atoms with Crippen molar-refractivity contribution in [3.05, 3.63) is 39.9 Å². The Kier molecular flexibility index (Phi) is 6.12. The van der Waals surface area contributed by atoms with Crippen molar-refractivity contribution < 1.29 is 37.5 Å². The molecule has 1 heterocycles. The first-order valence-electron chi connectivity index (χ1n) is 7.41. The number of anilines is 1. The lowest BCUT2D eigenvalue weighted by atomic mass is 10.2. The second kappa shape index (κ2) is 8.34. The van der Waals surface area contributed by atoms with Gasteiger partial charge in [0.1, 0.15) is 4.90 Å². The molecule has 2 aromatic rings. The quantitative estimate of drug-likeness (QED) is 0.413. The molecule has 0 spiro atoms. The third kappa shape index (κ3) is 4.64. The molecular formula is C14H13N5O9S. The van der Waals surface area contributed by atoms with Crippen LogP contribution in [0.15, 0.2) is 29.2 Å². The Morgan fingerprint density at radius 3 is 2.38 bits per heavy atom. The van der Waals surface area contributed by atoms with E-state index in [-0.39, 0.29) is 0 Å². The van der Waals surface area contributed by atoms with Crippen molar-refractivity contribution in [3.8, 4) is 11.9 Å². The van der Waals surface area contributed by atoms with Crippen molar-refractivity contribution in [2.45, 2.75) is 4.90 Å². The van der Waals surface area contributed by atoms with Gasteiger partial charge in [-0.15, -0.1) is 0 Å². The Labute approximate surface area is 162 Å². The summed E-state index contributed by atoms with van der Waals surface area (Å²) in [5.41, 5.74) is -1.43. The van der Waals surface area contributed by atoms with Gasteiger partial charge in [0.15, 0.2) is 0 Å². The number of methoxy groups -OCH3 is 2. The molecule has 1 aromatic carbocycles. The predicted octanol–water partition coefficient (Wildman–Crippen LogP) is 0.611. The van der Waals surface area contributed by atoms with Crippen LogP contribution in [-0.2, 0) is 10.0 Å². The summed E-state index contributed by atoms with van der Waals surface area (Å²) in [4.78, 5) is 40.1. The van der Waals surface area contributed by atoms with Crippen molar-refractivity contribution in [3.63, 3.8) is 0 Å². The van der Waals surface area contributed by atoms with Gasteiger partial charge in [0.2, 0.25) is 5.82 Å². The van der Waals surface area contributed by atoms with Crippen LogP contribution in [0.3, 0.4) is 0 Å². The Bertz CT molecular complexity index is 1090. The van der Waals surface area contributed by atoms with E-state index in [2.05, 4.69) is 9.97 Å². The first-order valence-corrected chi connectivity index (χ1v) is 8.89. The molecular weight excluding hydrogens is 414 g/mol. The molecule has 0 bridgehead atoms. The minimum Gasteiger partial charge on any atom is -0.478 e. The van der Waals surface area contributed by atoms with Crippen molar-refractivity contribution in [2.75, 3.05) is 19.5 Å². The van der Waals surface area contributed by atoms with Gasteiger partial charge in [-0.05, 0) is 12.1 Å². The molecule has 0 saturated carbocycles. The Morgan fingerprint density at radius 1 is 1.17 bits per heavy atom. The summed E-state index contributed by atoms with van der Waals surface area (Å²) in [6.45, 7) is 0. The lowest BCUT2D eigenvalue weighted by molar-refractivity contribution is -0.385. The number of carboxylic acids is 1. The number of carbonyl (C=O) groups is 2. The maximum Gasteiger partial charge on any atom is 0.373 e. The highest BCUT2D eigenvalue weighted by molar-refractivity contribution is 7.90. The van der Waals surface area contributed by atoms with Crippen molar-refractivity contribution in [1.29, 1.82) is 0 Å². The third-order valence-corrected chi connectivity index (χ3v) is 4.65. The number of nitrogens with zero attached hydrogens (tertiary/aromatic N) is 3. The number of ether oxygens (including phenoxy) is 2. The van der Waals surface area contributed by atoms with Gasteiger partial charge in [-0.3, -0.25) is 15.4 Å². The molecule has 0 aliphatic heterocycles. The molecule has 0 aliphatic rings. The van der Waals surface area contributed by atoms with E-state index < -0.39 is 60.8 Å². The Hall–Kier alpha value is -4.01. The summed E-state index contributed by atoms with van der Waals surface area (Å²) in [6.07, 6.45) is 0. The highest BCUT2D eigenvalue weighted by Crippen LogP contribution is 2.33.